The number of likely N-dealkylation sites (tertiary alicyclic amines) is 1. The van der Waals surface area contributed by atoms with Crippen molar-refractivity contribution >= 4 is 39.3 Å². The molecule has 2 fully saturated rings. The molecule has 43 heavy (non-hydrogen) atoms. The fourth-order valence-corrected chi connectivity index (χ4v) is 10.1. The molecule has 4 atom stereocenters. The van der Waals surface area contributed by atoms with E-state index in [1.54, 1.807) is 11.8 Å². The van der Waals surface area contributed by atoms with Crippen molar-refractivity contribution in [2.24, 2.45) is 5.92 Å². The Morgan fingerprint density at radius 1 is 1.14 bits per heavy atom. The van der Waals surface area contributed by atoms with Gasteiger partial charge in [0.2, 0.25) is 0 Å². The van der Waals surface area contributed by atoms with Crippen molar-refractivity contribution in [2.45, 2.75) is 80.3 Å². The number of halogens is 3. The Bertz CT molecular complexity index is 1430. The zero-order valence-corrected chi connectivity index (χ0v) is 27.0. The van der Waals surface area contributed by atoms with Crippen LogP contribution in [0, 0.1) is 17.6 Å². The summed E-state index contributed by atoms with van der Waals surface area (Å²) in [6, 6.07) is 7.69. The smallest absolute Gasteiger partial charge is 0.410 e. The Kier molecular flexibility index (Phi) is 9.57. The third-order valence-electron chi connectivity index (χ3n) is 8.46. The Balaban J connectivity index is 1.37. The topological polar surface area (TPSA) is 82.1 Å². The standard InChI is InChI=1S/C31H38ClF2NO6S2/c1-30(2,3)41-29(36)35-15-5-4-6-21(35)19-42-17-13-26-23-18-40-28-25(34)12-11-24(33)27(28)31(23,14-16-39-26)43(37,38)22-9-7-20(32)8-10-22/h7-12,21,23,26H,4-6,13-19H2,1-3H3/t21-,23-,26-,31-/m0/s1. The molecular weight excluding hydrogens is 620 g/mol. The largest absolute Gasteiger partial charge is 0.490 e. The van der Waals surface area contributed by atoms with Crippen LogP contribution in [0.25, 0.3) is 0 Å². The van der Waals surface area contributed by atoms with Crippen molar-refractivity contribution in [1.29, 1.82) is 0 Å². The summed E-state index contributed by atoms with van der Waals surface area (Å²) in [5, 5.41) is 0.364. The lowest BCUT2D eigenvalue weighted by Crippen LogP contribution is -2.57. The van der Waals surface area contributed by atoms with Gasteiger partial charge in [-0.25, -0.2) is 22.0 Å². The second-order valence-electron chi connectivity index (χ2n) is 12.3. The van der Waals surface area contributed by atoms with Crippen LogP contribution in [0.3, 0.4) is 0 Å². The van der Waals surface area contributed by atoms with Crippen LogP contribution in [0.15, 0.2) is 41.3 Å². The Labute approximate surface area is 261 Å². The zero-order valence-electron chi connectivity index (χ0n) is 24.6. The predicted octanol–water partition coefficient (Wildman–Crippen LogP) is 7.00. The van der Waals surface area contributed by atoms with Crippen molar-refractivity contribution in [2.75, 3.05) is 31.3 Å². The molecule has 0 saturated carbocycles. The van der Waals surface area contributed by atoms with Gasteiger partial charge in [-0.15, -0.1) is 0 Å². The Hall–Kier alpha value is -2.08. The Morgan fingerprint density at radius 2 is 1.86 bits per heavy atom. The third-order valence-corrected chi connectivity index (χ3v) is 12.4. The second kappa shape index (κ2) is 12.7. The summed E-state index contributed by atoms with van der Waals surface area (Å²) < 4.78 is 75.2. The number of fused-ring (bicyclic) bond motifs is 3. The average Bonchev–Trinajstić information content (AvgIpc) is 2.96. The van der Waals surface area contributed by atoms with Crippen LogP contribution in [-0.2, 0) is 24.1 Å². The van der Waals surface area contributed by atoms with Crippen LogP contribution in [0.5, 0.6) is 5.75 Å². The number of hydrogen-bond acceptors (Lipinski definition) is 7. The van der Waals surface area contributed by atoms with Crippen LogP contribution >= 0.6 is 23.4 Å². The summed E-state index contributed by atoms with van der Waals surface area (Å²) in [5.41, 5.74) is -0.846. The number of piperidine rings is 1. The number of carbonyl (C=O) groups excluding carboxylic acids is 1. The fraction of sp³-hybridized carbons (Fsp3) is 0.581. The van der Waals surface area contributed by atoms with Crippen molar-refractivity contribution < 1.29 is 36.2 Å². The molecule has 1 amide bonds. The number of amides is 1. The van der Waals surface area contributed by atoms with Gasteiger partial charge in [0.05, 0.1) is 23.2 Å². The highest BCUT2D eigenvalue weighted by atomic mass is 35.5. The highest BCUT2D eigenvalue weighted by Crippen LogP contribution is 2.56. The van der Waals surface area contributed by atoms with Crippen LogP contribution in [0.2, 0.25) is 5.02 Å². The van der Waals surface area contributed by atoms with Gasteiger partial charge in [-0.05, 0) is 95.0 Å². The number of rotatable bonds is 7. The number of nitrogens with zero attached hydrogens (tertiary/aromatic N) is 1. The van der Waals surface area contributed by atoms with Gasteiger partial charge in [-0.1, -0.05) is 11.6 Å². The normalized spacial score (nSPS) is 25.8. The molecule has 2 aromatic carbocycles. The molecular formula is C31H38ClF2NO6S2. The molecule has 7 nitrogen and oxygen atoms in total. The molecule has 3 aliphatic heterocycles. The SMILES string of the molecule is CC(C)(C)OC(=O)N1CCCC[C@H]1CSCC[C@@H]1OCC[C@@]2(S(=O)(=O)c3ccc(Cl)cc3)c3c(F)ccc(F)c3OC[C@@H]12. The van der Waals surface area contributed by atoms with E-state index in [0.29, 0.717) is 29.5 Å². The molecule has 0 aromatic heterocycles. The summed E-state index contributed by atoms with van der Waals surface area (Å²) in [7, 11) is -4.26. The summed E-state index contributed by atoms with van der Waals surface area (Å²) in [4.78, 5) is 14.6. The molecule has 0 unspecified atom stereocenters. The van der Waals surface area contributed by atoms with E-state index >= 15 is 4.39 Å². The van der Waals surface area contributed by atoms with E-state index in [4.69, 9.17) is 25.8 Å². The fourth-order valence-electron chi connectivity index (χ4n) is 6.49. The predicted molar refractivity (Wildman–Crippen MR) is 163 cm³/mol. The van der Waals surface area contributed by atoms with Crippen LogP contribution < -0.4 is 4.74 Å². The number of sulfone groups is 1. The monoisotopic (exact) mass is 657 g/mol. The lowest BCUT2D eigenvalue weighted by molar-refractivity contribution is -0.0731. The molecule has 0 bridgehead atoms. The minimum atomic E-state index is -4.26. The molecule has 3 heterocycles. The van der Waals surface area contributed by atoms with Crippen molar-refractivity contribution in [3.63, 3.8) is 0 Å². The molecule has 5 rings (SSSR count). The van der Waals surface area contributed by atoms with E-state index in [1.165, 1.54) is 24.3 Å². The molecule has 0 spiro atoms. The Morgan fingerprint density at radius 3 is 2.58 bits per heavy atom. The van der Waals surface area contributed by atoms with E-state index in [2.05, 4.69) is 0 Å². The highest BCUT2D eigenvalue weighted by Gasteiger charge is 2.61. The van der Waals surface area contributed by atoms with E-state index in [0.717, 1.165) is 31.4 Å². The third kappa shape index (κ3) is 6.37. The van der Waals surface area contributed by atoms with Gasteiger partial charge in [0.25, 0.3) is 0 Å². The number of ether oxygens (including phenoxy) is 3. The molecule has 236 valence electrons. The summed E-state index contributed by atoms with van der Waals surface area (Å²) in [6.07, 6.45) is 2.39. The quantitative estimate of drug-likeness (QED) is 0.297. The minimum absolute atomic E-state index is 0.0204. The first-order chi connectivity index (χ1) is 20.3. The number of hydrogen-bond donors (Lipinski definition) is 0. The van der Waals surface area contributed by atoms with Crippen molar-refractivity contribution in [3.8, 4) is 5.75 Å². The van der Waals surface area contributed by atoms with Crippen molar-refractivity contribution in [1.82, 2.24) is 4.90 Å². The van der Waals surface area contributed by atoms with Gasteiger partial charge in [0.15, 0.2) is 21.4 Å². The van der Waals surface area contributed by atoms with E-state index in [-0.39, 0.29) is 48.0 Å². The molecule has 3 aliphatic rings. The lowest BCUT2D eigenvalue weighted by Gasteiger charge is -2.50. The number of carbonyl (C=O) groups is 1. The van der Waals surface area contributed by atoms with Crippen LogP contribution in [0.4, 0.5) is 13.6 Å². The number of thioether (sulfide) groups is 1. The van der Waals surface area contributed by atoms with Gasteiger partial charge in [-0.2, -0.15) is 11.8 Å². The van der Waals surface area contributed by atoms with Crippen LogP contribution in [0.1, 0.15) is 58.4 Å². The van der Waals surface area contributed by atoms with E-state index in [1.807, 2.05) is 25.7 Å². The summed E-state index contributed by atoms with van der Waals surface area (Å²) in [5.74, 6) is -1.45. The first-order valence-electron chi connectivity index (χ1n) is 14.7. The maximum atomic E-state index is 15.6. The minimum Gasteiger partial charge on any atom is -0.490 e. The van der Waals surface area contributed by atoms with Crippen molar-refractivity contribution in [3.05, 3.63) is 58.6 Å². The van der Waals surface area contributed by atoms with Gasteiger partial charge < -0.3 is 19.1 Å². The second-order valence-corrected chi connectivity index (χ2v) is 16.1. The van der Waals surface area contributed by atoms with Gasteiger partial charge in [0.1, 0.15) is 16.2 Å². The van der Waals surface area contributed by atoms with E-state index < -0.39 is 43.8 Å². The summed E-state index contributed by atoms with van der Waals surface area (Å²) in [6.45, 7) is 6.13. The van der Waals surface area contributed by atoms with Gasteiger partial charge in [0, 0.05) is 35.9 Å². The number of benzene rings is 2. The molecule has 12 heteroatoms. The first-order valence-corrected chi connectivity index (χ1v) is 17.7. The average molecular weight is 658 g/mol. The first kappa shape index (κ1) is 32.3. The molecule has 0 N–H and O–H groups in total. The molecule has 0 radical (unpaired) electrons. The maximum Gasteiger partial charge on any atom is 0.410 e. The molecule has 0 aliphatic carbocycles. The maximum absolute atomic E-state index is 15.6. The van der Waals surface area contributed by atoms with Gasteiger partial charge in [-0.3, -0.25) is 0 Å². The zero-order chi connectivity index (χ0) is 31.0. The van der Waals surface area contributed by atoms with Crippen LogP contribution in [-0.4, -0.2) is 68.4 Å². The molecule has 2 saturated heterocycles. The summed E-state index contributed by atoms with van der Waals surface area (Å²) >= 11 is 7.70. The van der Waals surface area contributed by atoms with Gasteiger partial charge >= 0.3 is 6.09 Å². The lowest BCUT2D eigenvalue weighted by atomic mass is 9.75. The van der Waals surface area contributed by atoms with E-state index in [9.17, 15) is 17.6 Å². The molecule has 2 aromatic rings. The highest BCUT2D eigenvalue weighted by molar-refractivity contribution is 7.99.